The molecule has 2 fully saturated rings. The lowest BCUT2D eigenvalue weighted by atomic mass is 10.1. The summed E-state index contributed by atoms with van der Waals surface area (Å²) in [5.41, 5.74) is 0. The Morgan fingerprint density at radius 2 is 1.54 bits per heavy atom. The van der Waals surface area contributed by atoms with Gasteiger partial charge in [0, 0.05) is 26.4 Å². The van der Waals surface area contributed by atoms with Gasteiger partial charge in [0.1, 0.15) is 18.3 Å². The molecule has 2 heterocycles. The molecule has 0 saturated carbocycles. The van der Waals surface area contributed by atoms with Crippen molar-refractivity contribution < 1.29 is 28.5 Å². The summed E-state index contributed by atoms with van der Waals surface area (Å²) in [6.07, 6.45) is 8.11. The average Bonchev–Trinajstić information content (AvgIpc) is 3.60. The Morgan fingerprint density at radius 1 is 0.929 bits per heavy atom. The van der Waals surface area contributed by atoms with Crippen LogP contribution >= 0.6 is 0 Å². The summed E-state index contributed by atoms with van der Waals surface area (Å²) in [6, 6.07) is 0. The quantitative estimate of drug-likeness (QED) is 0.249. The first-order valence-electron chi connectivity index (χ1n) is 11.1. The predicted molar refractivity (Wildman–Crippen MR) is 106 cm³/mol. The van der Waals surface area contributed by atoms with Crippen LogP contribution in [-0.4, -0.2) is 77.0 Å². The van der Waals surface area contributed by atoms with Crippen LogP contribution in [0.25, 0.3) is 0 Å². The summed E-state index contributed by atoms with van der Waals surface area (Å²) in [5.74, 6) is 0.0190. The van der Waals surface area contributed by atoms with E-state index < -0.39 is 0 Å². The number of hydrogen-bond donors (Lipinski definition) is 1. The summed E-state index contributed by atoms with van der Waals surface area (Å²) < 4.78 is 27.1. The van der Waals surface area contributed by atoms with E-state index in [1.165, 1.54) is 0 Å². The van der Waals surface area contributed by atoms with Crippen LogP contribution in [0.1, 0.15) is 58.3 Å². The van der Waals surface area contributed by atoms with Crippen molar-refractivity contribution in [1.82, 2.24) is 5.32 Å². The molecule has 1 amide bonds. The predicted octanol–water partition coefficient (Wildman–Crippen LogP) is 2.46. The number of nitrogens with one attached hydrogen (secondary N) is 1. The van der Waals surface area contributed by atoms with Crippen LogP contribution in [0.2, 0.25) is 0 Å². The molecule has 2 aliphatic rings. The Bertz CT molecular complexity index is 400. The molecule has 0 aromatic carbocycles. The van der Waals surface area contributed by atoms with E-state index in [2.05, 4.69) is 12.2 Å². The summed E-state index contributed by atoms with van der Waals surface area (Å²) in [7, 11) is 0. The molecule has 2 aliphatic heterocycles. The van der Waals surface area contributed by atoms with E-state index in [4.69, 9.17) is 23.7 Å². The lowest BCUT2D eigenvalue weighted by molar-refractivity contribution is -0.133. The highest BCUT2D eigenvalue weighted by molar-refractivity contribution is 5.80. The molecule has 0 radical (unpaired) electrons. The smallest absolute Gasteiger partial charge is 0.249 e. The molecule has 164 valence electrons. The summed E-state index contributed by atoms with van der Waals surface area (Å²) in [4.78, 5) is 12.4. The van der Waals surface area contributed by atoms with Crippen LogP contribution in [0.3, 0.4) is 0 Å². The second-order valence-corrected chi connectivity index (χ2v) is 7.62. The van der Waals surface area contributed by atoms with Crippen LogP contribution in [0.5, 0.6) is 0 Å². The highest BCUT2D eigenvalue weighted by atomic mass is 16.6. The zero-order chi connectivity index (χ0) is 19.9. The van der Waals surface area contributed by atoms with Crippen molar-refractivity contribution >= 4 is 5.91 Å². The van der Waals surface area contributed by atoms with Gasteiger partial charge in [0.25, 0.3) is 0 Å². The molecule has 0 spiro atoms. The second-order valence-electron chi connectivity index (χ2n) is 7.62. The number of rotatable bonds is 20. The van der Waals surface area contributed by atoms with Crippen molar-refractivity contribution in [2.45, 2.75) is 76.6 Å². The third-order valence-corrected chi connectivity index (χ3v) is 4.79. The molecule has 3 atom stereocenters. The van der Waals surface area contributed by atoms with Gasteiger partial charge in [0.15, 0.2) is 0 Å². The number of ether oxygens (including phenoxy) is 5. The van der Waals surface area contributed by atoms with Gasteiger partial charge in [-0.05, 0) is 32.1 Å². The van der Waals surface area contributed by atoms with E-state index in [-0.39, 0.29) is 12.0 Å². The standard InChI is InChI=1S/C21H39NO6/c1-2-3-4-9-20(26-13-8-7-12-25-15-19-17-28-19)21(23)22-10-5-6-11-24-14-18-16-27-18/h18-20H,2-17H2,1H3,(H,22,23). The van der Waals surface area contributed by atoms with Crippen LogP contribution in [0.15, 0.2) is 0 Å². The zero-order valence-electron chi connectivity index (χ0n) is 17.5. The lowest BCUT2D eigenvalue weighted by Crippen LogP contribution is -2.37. The summed E-state index contributed by atoms with van der Waals surface area (Å²) in [5, 5.41) is 3.02. The highest BCUT2D eigenvalue weighted by Crippen LogP contribution is 2.11. The molecule has 28 heavy (non-hydrogen) atoms. The number of carbonyl (C=O) groups is 1. The fourth-order valence-corrected chi connectivity index (χ4v) is 2.81. The SMILES string of the molecule is CCCCCC(OCCCCOCC1CO1)C(=O)NCCCCOCC1CO1. The maximum absolute atomic E-state index is 12.4. The van der Waals surface area contributed by atoms with Gasteiger partial charge in [-0.2, -0.15) is 0 Å². The molecular formula is C21H39NO6. The van der Waals surface area contributed by atoms with Crippen molar-refractivity contribution in [2.24, 2.45) is 0 Å². The molecule has 0 bridgehead atoms. The number of amides is 1. The second kappa shape index (κ2) is 15.2. The third-order valence-electron chi connectivity index (χ3n) is 4.79. The first-order valence-corrected chi connectivity index (χ1v) is 11.1. The maximum Gasteiger partial charge on any atom is 0.249 e. The van der Waals surface area contributed by atoms with Gasteiger partial charge in [-0.25, -0.2) is 0 Å². The van der Waals surface area contributed by atoms with Crippen molar-refractivity contribution in [3.63, 3.8) is 0 Å². The van der Waals surface area contributed by atoms with Crippen molar-refractivity contribution in [3.05, 3.63) is 0 Å². The zero-order valence-corrected chi connectivity index (χ0v) is 17.5. The van der Waals surface area contributed by atoms with E-state index in [1.54, 1.807) is 0 Å². The fraction of sp³-hybridized carbons (Fsp3) is 0.952. The Hall–Kier alpha value is -0.730. The van der Waals surface area contributed by atoms with Crippen LogP contribution in [0.4, 0.5) is 0 Å². The van der Waals surface area contributed by atoms with Gasteiger partial charge in [0.05, 0.1) is 26.4 Å². The number of hydrogen-bond acceptors (Lipinski definition) is 6. The molecule has 7 heteroatoms. The van der Waals surface area contributed by atoms with Gasteiger partial charge in [0.2, 0.25) is 5.91 Å². The molecule has 7 nitrogen and oxygen atoms in total. The molecule has 2 saturated heterocycles. The van der Waals surface area contributed by atoms with Gasteiger partial charge in [-0.15, -0.1) is 0 Å². The van der Waals surface area contributed by atoms with E-state index in [1.807, 2.05) is 0 Å². The number of unbranched alkanes of at least 4 members (excludes halogenated alkanes) is 4. The molecule has 3 unspecified atom stereocenters. The first kappa shape index (κ1) is 23.5. The molecule has 0 aromatic heterocycles. The van der Waals surface area contributed by atoms with Crippen LogP contribution < -0.4 is 5.32 Å². The van der Waals surface area contributed by atoms with E-state index in [0.29, 0.717) is 38.6 Å². The Labute approximate surface area is 169 Å². The largest absolute Gasteiger partial charge is 0.379 e. The van der Waals surface area contributed by atoms with Gasteiger partial charge in [-0.3, -0.25) is 4.79 Å². The molecule has 2 rings (SSSR count). The molecule has 0 aromatic rings. The Balaban J connectivity index is 1.47. The van der Waals surface area contributed by atoms with E-state index >= 15 is 0 Å². The number of epoxide rings is 2. The van der Waals surface area contributed by atoms with Gasteiger partial charge in [-0.1, -0.05) is 26.2 Å². The lowest BCUT2D eigenvalue weighted by Gasteiger charge is -2.18. The Kier molecular flexibility index (Phi) is 12.7. The van der Waals surface area contributed by atoms with Crippen molar-refractivity contribution in [1.29, 1.82) is 0 Å². The summed E-state index contributed by atoms with van der Waals surface area (Å²) >= 11 is 0. The normalized spacial score (nSPS) is 21.5. The van der Waals surface area contributed by atoms with E-state index in [9.17, 15) is 4.79 Å². The monoisotopic (exact) mass is 401 g/mol. The molecular weight excluding hydrogens is 362 g/mol. The minimum absolute atomic E-state index is 0.0190. The fourth-order valence-electron chi connectivity index (χ4n) is 2.81. The average molecular weight is 402 g/mol. The van der Waals surface area contributed by atoms with E-state index in [0.717, 1.165) is 77.8 Å². The maximum atomic E-state index is 12.4. The van der Waals surface area contributed by atoms with Crippen LogP contribution in [-0.2, 0) is 28.5 Å². The number of carbonyl (C=O) groups excluding carboxylic acids is 1. The summed E-state index contributed by atoms with van der Waals surface area (Å²) in [6.45, 7) is 7.95. The van der Waals surface area contributed by atoms with Gasteiger partial charge < -0.3 is 29.0 Å². The highest BCUT2D eigenvalue weighted by Gasteiger charge is 2.22. The molecule has 0 aliphatic carbocycles. The topological polar surface area (TPSA) is 81.9 Å². The van der Waals surface area contributed by atoms with Gasteiger partial charge >= 0.3 is 0 Å². The third kappa shape index (κ3) is 12.7. The van der Waals surface area contributed by atoms with Crippen molar-refractivity contribution in [3.8, 4) is 0 Å². The minimum atomic E-state index is -0.337. The van der Waals surface area contributed by atoms with Crippen molar-refractivity contribution in [2.75, 3.05) is 52.8 Å². The van der Waals surface area contributed by atoms with Crippen LogP contribution in [0, 0.1) is 0 Å². The minimum Gasteiger partial charge on any atom is -0.379 e. The Morgan fingerprint density at radius 3 is 2.14 bits per heavy atom. The first-order chi connectivity index (χ1) is 13.8. The molecule has 1 N–H and O–H groups in total.